The van der Waals surface area contributed by atoms with Gasteiger partial charge >= 0.3 is 0 Å². The number of morpholine rings is 1. The van der Waals surface area contributed by atoms with E-state index in [0.29, 0.717) is 13.2 Å². The maximum Gasteiger partial charge on any atom is 0.240 e. The average Bonchev–Trinajstić information content (AvgIpc) is 2.48. The van der Waals surface area contributed by atoms with E-state index >= 15 is 0 Å². The fourth-order valence-electron chi connectivity index (χ4n) is 2.12. The number of benzene rings is 1. The Kier molecular flexibility index (Phi) is 5.73. The van der Waals surface area contributed by atoms with Crippen molar-refractivity contribution in [1.29, 1.82) is 0 Å². The van der Waals surface area contributed by atoms with Gasteiger partial charge in [0.15, 0.2) is 0 Å². The maximum atomic E-state index is 13.4. The summed E-state index contributed by atoms with van der Waals surface area (Å²) in [7, 11) is -3.73. The Morgan fingerprint density at radius 3 is 2.95 bits per heavy atom. The molecule has 1 atom stereocenters. The van der Waals surface area contributed by atoms with Gasteiger partial charge in [0.25, 0.3) is 0 Å². The van der Waals surface area contributed by atoms with E-state index < -0.39 is 15.8 Å². The molecule has 1 fully saturated rings. The van der Waals surface area contributed by atoms with Crippen molar-refractivity contribution in [3.8, 4) is 0 Å². The smallest absolute Gasteiger partial charge is 0.240 e. The molecule has 0 bridgehead atoms. The summed E-state index contributed by atoms with van der Waals surface area (Å²) in [4.78, 5) is 2.10. The summed E-state index contributed by atoms with van der Waals surface area (Å²) in [6, 6.07) is 3.72. The highest BCUT2D eigenvalue weighted by atomic mass is 79.9. The Balaban J connectivity index is 1.99. The van der Waals surface area contributed by atoms with Crippen molar-refractivity contribution in [3.05, 3.63) is 28.5 Å². The lowest BCUT2D eigenvalue weighted by atomic mass is 10.3. The molecular weight excluding hydrogens is 363 g/mol. The summed E-state index contributed by atoms with van der Waals surface area (Å²) in [5, 5.41) is 0. The van der Waals surface area contributed by atoms with Gasteiger partial charge in [0, 0.05) is 19.6 Å². The minimum atomic E-state index is -3.73. The van der Waals surface area contributed by atoms with E-state index in [2.05, 4.69) is 32.5 Å². The van der Waals surface area contributed by atoms with Crippen LogP contribution in [-0.4, -0.2) is 52.2 Å². The first-order chi connectivity index (χ1) is 9.92. The summed E-state index contributed by atoms with van der Waals surface area (Å²) < 4.78 is 45.9. The molecule has 1 N–H and O–H groups in total. The number of ether oxygens (including phenoxy) is 1. The number of rotatable bonds is 5. The van der Waals surface area contributed by atoms with Crippen LogP contribution in [0.4, 0.5) is 4.39 Å². The van der Waals surface area contributed by atoms with Gasteiger partial charge in [0.1, 0.15) is 5.82 Å². The predicted molar refractivity (Wildman–Crippen MR) is 81.1 cm³/mol. The number of sulfonamides is 1. The highest BCUT2D eigenvalue weighted by molar-refractivity contribution is 9.10. The molecule has 0 radical (unpaired) electrons. The Labute approximate surface area is 132 Å². The van der Waals surface area contributed by atoms with Gasteiger partial charge in [-0.05, 0) is 40.7 Å². The first-order valence-corrected chi connectivity index (χ1v) is 8.98. The van der Waals surface area contributed by atoms with E-state index in [9.17, 15) is 12.8 Å². The first kappa shape index (κ1) is 16.8. The first-order valence-electron chi connectivity index (χ1n) is 6.71. The third kappa shape index (κ3) is 4.46. The molecule has 0 aromatic heterocycles. The lowest BCUT2D eigenvalue weighted by molar-refractivity contribution is -0.0229. The quantitative estimate of drug-likeness (QED) is 0.842. The van der Waals surface area contributed by atoms with Crippen LogP contribution in [0.25, 0.3) is 0 Å². The SMILES string of the molecule is CCN1CCOC(CNS(=O)(=O)c2ccc(Br)c(F)c2)C1. The zero-order chi connectivity index (χ0) is 15.5. The molecule has 1 aromatic carbocycles. The summed E-state index contributed by atoms with van der Waals surface area (Å²) in [6.07, 6.45) is -0.186. The topological polar surface area (TPSA) is 58.6 Å². The van der Waals surface area contributed by atoms with Gasteiger partial charge in [0.05, 0.1) is 22.1 Å². The Hall–Kier alpha value is -0.540. The van der Waals surface area contributed by atoms with Crippen molar-refractivity contribution in [2.75, 3.05) is 32.8 Å². The molecule has 1 unspecified atom stereocenters. The zero-order valence-corrected chi connectivity index (χ0v) is 14.1. The van der Waals surface area contributed by atoms with Gasteiger partial charge in [0.2, 0.25) is 10.0 Å². The van der Waals surface area contributed by atoms with Crippen LogP contribution in [0.1, 0.15) is 6.92 Å². The molecule has 1 aromatic rings. The molecule has 2 rings (SSSR count). The van der Waals surface area contributed by atoms with Crippen LogP contribution in [0.5, 0.6) is 0 Å². The lowest BCUT2D eigenvalue weighted by Gasteiger charge is -2.32. The molecule has 118 valence electrons. The van der Waals surface area contributed by atoms with Crippen molar-refractivity contribution >= 4 is 26.0 Å². The molecule has 1 aliphatic rings. The Morgan fingerprint density at radius 1 is 1.52 bits per heavy atom. The monoisotopic (exact) mass is 380 g/mol. The molecule has 21 heavy (non-hydrogen) atoms. The van der Waals surface area contributed by atoms with Crippen LogP contribution in [0.15, 0.2) is 27.6 Å². The molecule has 0 aliphatic carbocycles. The maximum absolute atomic E-state index is 13.4. The third-order valence-electron chi connectivity index (χ3n) is 3.37. The summed E-state index contributed by atoms with van der Waals surface area (Å²) in [5.41, 5.74) is 0. The van der Waals surface area contributed by atoms with Crippen LogP contribution in [0.3, 0.4) is 0 Å². The van der Waals surface area contributed by atoms with Gasteiger partial charge in [-0.2, -0.15) is 0 Å². The largest absolute Gasteiger partial charge is 0.374 e. The second-order valence-electron chi connectivity index (χ2n) is 4.81. The van der Waals surface area contributed by atoms with E-state index in [4.69, 9.17) is 4.74 Å². The number of likely N-dealkylation sites (N-methyl/N-ethyl adjacent to an activating group) is 1. The van der Waals surface area contributed by atoms with Gasteiger partial charge in [-0.15, -0.1) is 0 Å². The van der Waals surface area contributed by atoms with Gasteiger partial charge in [-0.1, -0.05) is 6.92 Å². The fourth-order valence-corrected chi connectivity index (χ4v) is 3.45. The second-order valence-corrected chi connectivity index (χ2v) is 7.44. The summed E-state index contributed by atoms with van der Waals surface area (Å²) >= 11 is 3.00. The number of nitrogens with zero attached hydrogens (tertiary/aromatic N) is 1. The van der Waals surface area contributed by atoms with Crippen molar-refractivity contribution < 1.29 is 17.5 Å². The zero-order valence-electron chi connectivity index (χ0n) is 11.7. The van der Waals surface area contributed by atoms with Crippen molar-refractivity contribution in [3.63, 3.8) is 0 Å². The standard InChI is InChI=1S/C13H18BrFN2O3S/c1-2-17-5-6-20-10(9-17)8-16-21(18,19)11-3-4-12(14)13(15)7-11/h3-4,7,10,16H,2,5-6,8-9H2,1H3. The van der Waals surface area contributed by atoms with Crippen LogP contribution in [0.2, 0.25) is 0 Å². The Bertz CT molecular complexity index is 597. The Morgan fingerprint density at radius 2 is 2.29 bits per heavy atom. The molecule has 0 amide bonds. The van der Waals surface area contributed by atoms with E-state index in [1.54, 1.807) is 0 Å². The van der Waals surface area contributed by atoms with Crippen molar-refractivity contribution in [2.45, 2.75) is 17.9 Å². The second kappa shape index (κ2) is 7.15. The molecule has 5 nitrogen and oxygen atoms in total. The number of halogens is 2. The number of hydrogen-bond acceptors (Lipinski definition) is 4. The van der Waals surface area contributed by atoms with E-state index in [1.165, 1.54) is 12.1 Å². The van der Waals surface area contributed by atoms with Crippen LogP contribution in [0, 0.1) is 5.82 Å². The van der Waals surface area contributed by atoms with E-state index in [0.717, 1.165) is 19.2 Å². The third-order valence-corrected chi connectivity index (χ3v) is 5.44. The minimum absolute atomic E-state index is 0.0913. The van der Waals surface area contributed by atoms with Crippen LogP contribution < -0.4 is 4.72 Å². The molecule has 1 heterocycles. The molecule has 1 aliphatic heterocycles. The lowest BCUT2D eigenvalue weighted by Crippen LogP contribution is -2.47. The molecule has 8 heteroatoms. The average molecular weight is 381 g/mol. The number of hydrogen-bond donors (Lipinski definition) is 1. The van der Waals surface area contributed by atoms with Gasteiger partial charge < -0.3 is 4.74 Å². The molecule has 0 spiro atoms. The highest BCUT2D eigenvalue weighted by Gasteiger charge is 2.22. The van der Waals surface area contributed by atoms with E-state index in [-0.39, 0.29) is 22.0 Å². The van der Waals surface area contributed by atoms with Gasteiger partial charge in [-0.25, -0.2) is 17.5 Å². The predicted octanol–water partition coefficient (Wildman–Crippen LogP) is 1.59. The van der Waals surface area contributed by atoms with Crippen molar-refractivity contribution in [2.24, 2.45) is 0 Å². The highest BCUT2D eigenvalue weighted by Crippen LogP contribution is 2.19. The summed E-state index contributed by atoms with van der Waals surface area (Å²) in [6.45, 7) is 5.27. The molecule has 1 saturated heterocycles. The normalized spacial score (nSPS) is 20.6. The molecular formula is C13H18BrFN2O3S. The van der Waals surface area contributed by atoms with Crippen molar-refractivity contribution in [1.82, 2.24) is 9.62 Å². The van der Waals surface area contributed by atoms with Gasteiger partial charge in [-0.3, -0.25) is 4.90 Å². The molecule has 0 saturated carbocycles. The summed E-state index contributed by atoms with van der Waals surface area (Å²) in [5.74, 6) is -0.607. The minimum Gasteiger partial charge on any atom is -0.374 e. The van der Waals surface area contributed by atoms with Crippen LogP contribution >= 0.6 is 15.9 Å². The number of nitrogens with one attached hydrogen (secondary N) is 1. The van der Waals surface area contributed by atoms with Crippen LogP contribution in [-0.2, 0) is 14.8 Å². The van der Waals surface area contributed by atoms with E-state index in [1.807, 2.05) is 0 Å². The fraction of sp³-hybridized carbons (Fsp3) is 0.538.